The van der Waals surface area contributed by atoms with Crippen LogP contribution in [0.4, 0.5) is 34.1 Å². The molecule has 0 unspecified atom stereocenters. The molecule has 0 aliphatic heterocycles. The first-order valence-corrected chi connectivity index (χ1v) is 16.1. The lowest BCUT2D eigenvalue weighted by Crippen LogP contribution is -2.54. The Hall–Kier alpha value is -4.80. The Bertz CT molecular complexity index is 1590. The van der Waals surface area contributed by atoms with Crippen LogP contribution in [0.15, 0.2) is 121 Å². The van der Waals surface area contributed by atoms with Gasteiger partial charge in [-0.25, -0.2) is 0 Å². The van der Waals surface area contributed by atoms with Gasteiger partial charge in [-0.05, 0) is 109 Å². The van der Waals surface area contributed by atoms with E-state index in [1.54, 1.807) is 42.7 Å². The Balaban J connectivity index is 1.56. The second kappa shape index (κ2) is 14.3. The third-order valence-electron chi connectivity index (χ3n) is 7.64. The van der Waals surface area contributed by atoms with Crippen LogP contribution in [-0.2, 0) is 13.3 Å². The Kier molecular flexibility index (Phi) is 10.1. The lowest BCUT2D eigenvalue weighted by Gasteiger charge is -2.29. The van der Waals surface area contributed by atoms with Crippen LogP contribution in [0.3, 0.4) is 0 Å². The molecule has 0 heterocycles. The molecule has 8 nitrogen and oxygen atoms in total. The lowest BCUT2D eigenvalue weighted by atomic mass is 10.1. The predicted octanol–water partition coefficient (Wildman–Crippen LogP) is 7.74. The van der Waals surface area contributed by atoms with Crippen molar-refractivity contribution >= 4 is 48.1 Å². The van der Waals surface area contributed by atoms with Crippen LogP contribution in [0.25, 0.3) is 0 Å². The topological polar surface area (TPSA) is 61.9 Å². The van der Waals surface area contributed by atoms with Crippen molar-refractivity contribution in [2.45, 2.75) is 0 Å². The molecule has 0 spiro atoms. The van der Waals surface area contributed by atoms with Gasteiger partial charge in [0.2, 0.25) is 0 Å². The third-order valence-corrected chi connectivity index (χ3v) is 10.3. The molecule has 0 saturated heterocycles. The summed E-state index contributed by atoms with van der Waals surface area (Å²) in [7, 11) is 6.86. The van der Waals surface area contributed by atoms with E-state index in [4.69, 9.17) is 27.5 Å². The van der Waals surface area contributed by atoms with Crippen molar-refractivity contribution in [3.63, 3.8) is 0 Å². The minimum absolute atomic E-state index is 0.787. The fraction of sp³-hybridized carbons (Fsp3) is 0.167. The van der Waals surface area contributed by atoms with Gasteiger partial charge in [-0.3, -0.25) is 0 Å². The van der Waals surface area contributed by atoms with Crippen molar-refractivity contribution in [3.8, 4) is 17.2 Å². The van der Waals surface area contributed by atoms with Crippen LogP contribution in [0.2, 0.25) is 0 Å². The molecule has 0 amide bonds. The summed E-state index contributed by atoms with van der Waals surface area (Å²) in [4.78, 5) is 4.38. The molecule has 9 heteroatoms. The zero-order chi connectivity index (χ0) is 31.8. The average molecular weight is 623 g/mol. The van der Waals surface area contributed by atoms with Crippen LogP contribution in [-0.4, -0.2) is 51.5 Å². The largest absolute Gasteiger partial charge is 0.536 e. The fourth-order valence-electron chi connectivity index (χ4n) is 5.26. The van der Waals surface area contributed by atoms with Gasteiger partial charge < -0.3 is 37.3 Å². The summed E-state index contributed by atoms with van der Waals surface area (Å²) < 4.78 is 33.3. The van der Waals surface area contributed by atoms with E-state index in [0.717, 1.165) is 56.6 Å². The maximum absolute atomic E-state index is 5.70. The number of rotatable bonds is 13. The summed E-state index contributed by atoms with van der Waals surface area (Å²) in [5, 5.41) is 0.874. The highest BCUT2D eigenvalue weighted by atomic mass is 28.4. The summed E-state index contributed by atoms with van der Waals surface area (Å²) in [6.45, 7) is 0. The standard InChI is InChI=1S/C36H38N2O6Si/c1-39-33-19-11-29(12-20-33)37(30-13-21-34(40-2)22-14-30)27-7-9-28(10-8-27)38(31-15-23-35(41-3)24-16-31)32-17-25-36(26-18-32)45(42-4,43-5)44-6/h7-26H,1-6H3. The van der Waals surface area contributed by atoms with E-state index in [2.05, 4.69) is 34.1 Å². The van der Waals surface area contributed by atoms with Gasteiger partial charge in [0.05, 0.1) is 21.3 Å². The number of nitrogens with zero attached hydrogens (tertiary/aromatic N) is 2. The molecule has 0 aliphatic rings. The summed E-state index contributed by atoms with van der Waals surface area (Å²) in [5.41, 5.74) is 5.92. The summed E-state index contributed by atoms with van der Waals surface area (Å²) in [6, 6.07) is 40.6. The van der Waals surface area contributed by atoms with Crippen molar-refractivity contribution in [2.24, 2.45) is 0 Å². The molecule has 0 radical (unpaired) electrons. The molecule has 232 valence electrons. The molecule has 0 fully saturated rings. The summed E-state index contributed by atoms with van der Waals surface area (Å²) in [5.74, 6) is 2.38. The van der Waals surface area contributed by atoms with Crippen LogP contribution in [0, 0.1) is 0 Å². The van der Waals surface area contributed by atoms with Crippen LogP contribution >= 0.6 is 0 Å². The van der Waals surface area contributed by atoms with E-state index in [1.165, 1.54) is 0 Å². The van der Waals surface area contributed by atoms with Gasteiger partial charge in [0.25, 0.3) is 0 Å². The summed E-state index contributed by atoms with van der Waals surface area (Å²) in [6.07, 6.45) is 0. The second-order valence-electron chi connectivity index (χ2n) is 10.00. The smallest absolute Gasteiger partial charge is 0.497 e. The highest BCUT2D eigenvalue weighted by Crippen LogP contribution is 2.40. The van der Waals surface area contributed by atoms with Crippen LogP contribution < -0.4 is 29.2 Å². The molecule has 0 aromatic heterocycles. The molecular formula is C36H38N2O6Si. The van der Waals surface area contributed by atoms with E-state index in [1.807, 2.05) is 97.1 Å². The van der Waals surface area contributed by atoms with Crippen molar-refractivity contribution in [1.82, 2.24) is 0 Å². The Morgan fingerprint density at radius 2 is 0.556 bits per heavy atom. The first-order chi connectivity index (χ1) is 22.0. The Morgan fingerprint density at radius 3 is 0.778 bits per heavy atom. The Morgan fingerprint density at radius 1 is 0.333 bits per heavy atom. The molecule has 5 aromatic rings. The summed E-state index contributed by atoms with van der Waals surface area (Å²) >= 11 is 0. The first-order valence-electron chi connectivity index (χ1n) is 14.4. The first kappa shape index (κ1) is 31.6. The second-order valence-corrected chi connectivity index (χ2v) is 12.9. The normalized spacial score (nSPS) is 11.2. The highest BCUT2D eigenvalue weighted by Gasteiger charge is 2.40. The number of methoxy groups -OCH3 is 3. The van der Waals surface area contributed by atoms with E-state index >= 15 is 0 Å². The van der Waals surface area contributed by atoms with E-state index in [-0.39, 0.29) is 0 Å². The minimum atomic E-state index is -2.98. The van der Waals surface area contributed by atoms with Gasteiger partial charge in [-0.1, -0.05) is 12.1 Å². The Labute approximate surface area is 266 Å². The molecule has 45 heavy (non-hydrogen) atoms. The molecular weight excluding hydrogens is 584 g/mol. The number of ether oxygens (including phenoxy) is 3. The quantitative estimate of drug-likeness (QED) is 0.124. The molecule has 0 atom stereocenters. The number of hydrogen-bond acceptors (Lipinski definition) is 8. The van der Waals surface area contributed by atoms with Gasteiger partial charge in [-0.2, -0.15) is 0 Å². The number of hydrogen-bond donors (Lipinski definition) is 0. The zero-order valence-electron chi connectivity index (χ0n) is 26.4. The van der Waals surface area contributed by atoms with Gasteiger partial charge >= 0.3 is 8.80 Å². The predicted molar refractivity (Wildman–Crippen MR) is 182 cm³/mol. The van der Waals surface area contributed by atoms with Gasteiger partial charge in [0, 0.05) is 60.6 Å². The van der Waals surface area contributed by atoms with Crippen LogP contribution in [0.1, 0.15) is 0 Å². The highest BCUT2D eigenvalue weighted by molar-refractivity contribution is 6.75. The molecule has 5 rings (SSSR count). The number of benzene rings is 5. The van der Waals surface area contributed by atoms with Crippen molar-refractivity contribution in [3.05, 3.63) is 121 Å². The number of anilines is 6. The van der Waals surface area contributed by atoms with Crippen molar-refractivity contribution < 1.29 is 27.5 Å². The average Bonchev–Trinajstić information content (AvgIpc) is 3.11. The molecule has 0 N–H and O–H groups in total. The molecule has 0 bridgehead atoms. The monoisotopic (exact) mass is 622 g/mol. The van der Waals surface area contributed by atoms with Gasteiger partial charge in [0.15, 0.2) is 0 Å². The van der Waals surface area contributed by atoms with Crippen molar-refractivity contribution in [1.29, 1.82) is 0 Å². The van der Waals surface area contributed by atoms with Gasteiger partial charge in [-0.15, -0.1) is 0 Å². The maximum atomic E-state index is 5.70. The lowest BCUT2D eigenvalue weighted by molar-refractivity contribution is 0.140. The third kappa shape index (κ3) is 6.67. The van der Waals surface area contributed by atoms with Crippen molar-refractivity contribution in [2.75, 3.05) is 52.5 Å². The van der Waals surface area contributed by atoms with E-state index in [9.17, 15) is 0 Å². The minimum Gasteiger partial charge on any atom is -0.497 e. The van der Waals surface area contributed by atoms with E-state index < -0.39 is 8.80 Å². The maximum Gasteiger partial charge on any atom is 0.536 e. The van der Waals surface area contributed by atoms with Gasteiger partial charge in [0.1, 0.15) is 17.2 Å². The van der Waals surface area contributed by atoms with E-state index in [0.29, 0.717) is 0 Å². The molecule has 0 aliphatic carbocycles. The molecule has 5 aromatic carbocycles. The molecule has 0 saturated carbocycles. The zero-order valence-corrected chi connectivity index (χ0v) is 27.4. The fourth-order valence-corrected chi connectivity index (χ4v) is 7.04. The SMILES string of the molecule is COc1ccc(N(c2ccc(OC)cc2)c2ccc(N(c3ccc(OC)cc3)c3ccc([Si](OC)(OC)OC)cc3)cc2)cc1. The van der Waals surface area contributed by atoms with Crippen LogP contribution in [0.5, 0.6) is 17.2 Å².